The molecule has 0 saturated carbocycles. The zero-order valence-electron chi connectivity index (χ0n) is 10.6. The summed E-state index contributed by atoms with van der Waals surface area (Å²) in [5.74, 6) is 1.31. The molecule has 0 bridgehead atoms. The van der Waals surface area contributed by atoms with Crippen molar-refractivity contribution in [3.63, 3.8) is 0 Å². The lowest BCUT2D eigenvalue weighted by Gasteiger charge is -2.17. The topological polar surface area (TPSA) is 42.2 Å². The Bertz CT molecular complexity index is 484. The average molecular weight is 263 g/mol. The van der Waals surface area contributed by atoms with Crippen LogP contribution in [-0.4, -0.2) is 34.5 Å². The van der Waals surface area contributed by atoms with E-state index in [9.17, 15) is 0 Å². The molecule has 2 rings (SSSR count). The van der Waals surface area contributed by atoms with Crippen LogP contribution in [0.1, 0.15) is 12.3 Å². The third kappa shape index (κ3) is 3.34. The summed E-state index contributed by atoms with van der Waals surface area (Å²) in [5, 5.41) is 4.19. The van der Waals surface area contributed by atoms with Crippen molar-refractivity contribution in [3.8, 4) is 11.4 Å². The Hall–Kier alpha value is -1.33. The van der Waals surface area contributed by atoms with Gasteiger partial charge in [-0.15, -0.1) is 0 Å². The highest BCUT2D eigenvalue weighted by atomic mass is 32.1. The zero-order chi connectivity index (χ0) is 13.0. The molecule has 0 aliphatic heterocycles. The van der Waals surface area contributed by atoms with Crippen LogP contribution in [0.15, 0.2) is 34.9 Å². The number of thiol groups is 1. The fourth-order valence-corrected chi connectivity index (χ4v) is 1.70. The van der Waals surface area contributed by atoms with E-state index in [4.69, 9.17) is 4.52 Å². The van der Waals surface area contributed by atoms with Gasteiger partial charge in [0.15, 0.2) is 0 Å². The van der Waals surface area contributed by atoms with Gasteiger partial charge in [0.05, 0.1) is 5.37 Å². The Morgan fingerprint density at radius 1 is 1.28 bits per heavy atom. The molecule has 1 heterocycles. The second-order valence-corrected chi connectivity index (χ2v) is 4.96. The van der Waals surface area contributed by atoms with Gasteiger partial charge in [0.25, 0.3) is 0 Å². The summed E-state index contributed by atoms with van der Waals surface area (Å²) in [6, 6.07) is 9.82. The molecule has 0 fully saturated rings. The van der Waals surface area contributed by atoms with Crippen LogP contribution in [0.3, 0.4) is 0 Å². The first kappa shape index (κ1) is 13.1. The number of aryl methyl sites for hydroxylation is 1. The summed E-state index contributed by atoms with van der Waals surface area (Å²) < 4.78 is 5.24. The van der Waals surface area contributed by atoms with Crippen LogP contribution in [0.2, 0.25) is 0 Å². The molecule has 96 valence electrons. The van der Waals surface area contributed by atoms with Crippen LogP contribution in [0, 0.1) is 0 Å². The molecule has 1 aromatic carbocycles. The lowest BCUT2D eigenvalue weighted by Crippen LogP contribution is -2.22. The predicted octanol–water partition coefficient (Wildman–Crippen LogP) is 2.49. The molecular weight excluding hydrogens is 246 g/mol. The van der Waals surface area contributed by atoms with E-state index in [1.165, 1.54) is 0 Å². The summed E-state index contributed by atoms with van der Waals surface area (Å²) in [6.07, 6.45) is 1.62. The van der Waals surface area contributed by atoms with Crippen molar-refractivity contribution in [1.82, 2.24) is 15.0 Å². The van der Waals surface area contributed by atoms with Gasteiger partial charge in [-0.2, -0.15) is 17.6 Å². The third-order valence-corrected chi connectivity index (χ3v) is 3.43. The molecule has 18 heavy (non-hydrogen) atoms. The van der Waals surface area contributed by atoms with Crippen molar-refractivity contribution in [2.24, 2.45) is 0 Å². The first-order valence-corrected chi connectivity index (χ1v) is 6.41. The van der Waals surface area contributed by atoms with Gasteiger partial charge in [0, 0.05) is 12.0 Å². The number of hydrogen-bond acceptors (Lipinski definition) is 5. The van der Waals surface area contributed by atoms with Gasteiger partial charge in [-0.1, -0.05) is 35.5 Å². The van der Waals surface area contributed by atoms with E-state index < -0.39 is 0 Å². The Morgan fingerprint density at radius 2 is 2.00 bits per heavy atom. The lowest BCUT2D eigenvalue weighted by molar-refractivity contribution is 0.339. The minimum Gasteiger partial charge on any atom is -0.339 e. The van der Waals surface area contributed by atoms with Crippen molar-refractivity contribution in [2.45, 2.75) is 18.2 Å². The zero-order valence-corrected chi connectivity index (χ0v) is 11.5. The normalized spacial score (nSPS) is 12.9. The van der Waals surface area contributed by atoms with Crippen LogP contribution in [0.25, 0.3) is 11.4 Å². The highest BCUT2D eigenvalue weighted by Crippen LogP contribution is 2.16. The van der Waals surface area contributed by atoms with Gasteiger partial charge in [0.1, 0.15) is 0 Å². The number of benzene rings is 1. The molecule has 0 aliphatic rings. The maximum Gasteiger partial charge on any atom is 0.227 e. The molecule has 5 heteroatoms. The van der Waals surface area contributed by atoms with Crippen molar-refractivity contribution in [1.29, 1.82) is 0 Å². The molecule has 0 amide bonds. The molecule has 0 spiro atoms. The highest BCUT2D eigenvalue weighted by molar-refractivity contribution is 7.80. The van der Waals surface area contributed by atoms with Gasteiger partial charge in [-0.3, -0.25) is 4.90 Å². The SMILES string of the molecule is CN(C)C(S)CCc1nc(-c2ccccc2)no1. The maximum atomic E-state index is 5.24. The maximum absolute atomic E-state index is 5.24. The quantitative estimate of drug-likeness (QED) is 0.665. The van der Waals surface area contributed by atoms with E-state index in [-0.39, 0.29) is 5.37 Å². The molecule has 1 aromatic heterocycles. The molecule has 0 aliphatic carbocycles. The van der Waals surface area contributed by atoms with E-state index in [0.29, 0.717) is 11.7 Å². The minimum atomic E-state index is 0.206. The fraction of sp³-hybridized carbons (Fsp3) is 0.385. The molecule has 2 aromatic rings. The number of nitrogens with zero attached hydrogens (tertiary/aromatic N) is 3. The second-order valence-electron chi connectivity index (χ2n) is 4.36. The van der Waals surface area contributed by atoms with Crippen LogP contribution >= 0.6 is 12.6 Å². The van der Waals surface area contributed by atoms with Gasteiger partial charge in [-0.25, -0.2) is 0 Å². The Balaban J connectivity index is 1.99. The summed E-state index contributed by atoms with van der Waals surface area (Å²) in [7, 11) is 4.00. The number of hydrogen-bond donors (Lipinski definition) is 1. The summed E-state index contributed by atoms with van der Waals surface area (Å²) >= 11 is 4.47. The van der Waals surface area contributed by atoms with Crippen LogP contribution in [0.5, 0.6) is 0 Å². The smallest absolute Gasteiger partial charge is 0.227 e. The number of rotatable bonds is 5. The minimum absolute atomic E-state index is 0.206. The van der Waals surface area contributed by atoms with E-state index in [0.717, 1.165) is 18.4 Å². The summed E-state index contributed by atoms with van der Waals surface area (Å²) in [5.41, 5.74) is 0.975. The molecular formula is C13H17N3OS. The third-order valence-electron chi connectivity index (χ3n) is 2.71. The second kappa shape index (κ2) is 6.02. The molecule has 0 radical (unpaired) electrons. The predicted molar refractivity (Wildman–Crippen MR) is 74.5 cm³/mol. The molecule has 0 saturated heterocycles. The molecule has 4 nitrogen and oxygen atoms in total. The van der Waals surface area contributed by atoms with Crippen LogP contribution in [0.4, 0.5) is 0 Å². The van der Waals surface area contributed by atoms with Crippen molar-refractivity contribution in [3.05, 3.63) is 36.2 Å². The van der Waals surface area contributed by atoms with E-state index in [1.807, 2.05) is 44.4 Å². The first-order valence-electron chi connectivity index (χ1n) is 5.89. The Labute approximate surface area is 112 Å². The molecule has 1 unspecified atom stereocenters. The van der Waals surface area contributed by atoms with Crippen molar-refractivity contribution < 1.29 is 4.52 Å². The standard InChI is InChI=1S/C13H17N3OS/c1-16(2)12(18)9-8-11-14-13(15-17-11)10-6-4-3-5-7-10/h3-7,12,18H,8-9H2,1-2H3. The molecule has 1 atom stereocenters. The highest BCUT2D eigenvalue weighted by Gasteiger charge is 2.11. The average Bonchev–Trinajstić information content (AvgIpc) is 2.85. The fourth-order valence-electron chi connectivity index (χ4n) is 1.57. The van der Waals surface area contributed by atoms with E-state index >= 15 is 0 Å². The van der Waals surface area contributed by atoms with Crippen molar-refractivity contribution in [2.75, 3.05) is 14.1 Å². The molecule has 0 N–H and O–H groups in total. The lowest BCUT2D eigenvalue weighted by atomic mass is 10.2. The summed E-state index contributed by atoms with van der Waals surface area (Å²) in [6.45, 7) is 0. The van der Waals surface area contributed by atoms with E-state index in [2.05, 4.69) is 27.7 Å². The monoisotopic (exact) mass is 263 g/mol. The summed E-state index contributed by atoms with van der Waals surface area (Å²) in [4.78, 5) is 6.43. The first-order chi connectivity index (χ1) is 8.66. The van der Waals surface area contributed by atoms with Gasteiger partial charge >= 0.3 is 0 Å². The van der Waals surface area contributed by atoms with Crippen molar-refractivity contribution >= 4 is 12.6 Å². The Morgan fingerprint density at radius 3 is 2.67 bits per heavy atom. The van der Waals surface area contributed by atoms with Gasteiger partial charge < -0.3 is 4.52 Å². The van der Waals surface area contributed by atoms with Gasteiger partial charge in [-0.05, 0) is 20.5 Å². The van der Waals surface area contributed by atoms with Crippen LogP contribution < -0.4 is 0 Å². The van der Waals surface area contributed by atoms with Crippen LogP contribution in [-0.2, 0) is 6.42 Å². The largest absolute Gasteiger partial charge is 0.339 e. The Kier molecular flexibility index (Phi) is 4.38. The van der Waals surface area contributed by atoms with E-state index in [1.54, 1.807) is 0 Å². The number of aromatic nitrogens is 2. The van der Waals surface area contributed by atoms with Gasteiger partial charge in [0.2, 0.25) is 11.7 Å².